The lowest BCUT2D eigenvalue weighted by Gasteiger charge is -2.29. The second-order valence-corrected chi connectivity index (χ2v) is 9.50. The zero-order valence-corrected chi connectivity index (χ0v) is 22.1. The highest BCUT2D eigenvalue weighted by molar-refractivity contribution is 7.80. The number of halogens is 1. The SMILES string of the molecule is COc1ccc(OC)c(N2C(=S)N[C@H](c3ccccn3)[C@H]2c2cc(C)n(-c3ccc(Cl)cc3)c2C)c1. The van der Waals surface area contributed by atoms with Crippen LogP contribution in [0, 0.1) is 13.8 Å². The van der Waals surface area contributed by atoms with Crippen LogP contribution >= 0.6 is 23.8 Å². The van der Waals surface area contributed by atoms with Gasteiger partial charge in [-0.1, -0.05) is 17.7 Å². The maximum Gasteiger partial charge on any atom is 0.174 e. The van der Waals surface area contributed by atoms with Crippen LogP contribution in [0.4, 0.5) is 5.69 Å². The Bertz CT molecular complexity index is 1410. The van der Waals surface area contributed by atoms with Crippen LogP contribution in [0.1, 0.15) is 34.7 Å². The third kappa shape index (κ3) is 4.18. The summed E-state index contributed by atoms with van der Waals surface area (Å²) in [5.74, 6) is 1.43. The first-order chi connectivity index (χ1) is 17.4. The van der Waals surface area contributed by atoms with Gasteiger partial charge in [0.1, 0.15) is 11.5 Å². The fourth-order valence-electron chi connectivity index (χ4n) is 4.99. The maximum absolute atomic E-state index is 6.16. The molecule has 8 heteroatoms. The molecule has 5 rings (SSSR count). The summed E-state index contributed by atoms with van der Waals surface area (Å²) >= 11 is 12.1. The van der Waals surface area contributed by atoms with Gasteiger partial charge < -0.3 is 24.3 Å². The van der Waals surface area contributed by atoms with Gasteiger partial charge in [-0.25, -0.2) is 0 Å². The quantitative estimate of drug-likeness (QED) is 0.301. The molecule has 0 radical (unpaired) electrons. The molecule has 0 saturated carbocycles. The van der Waals surface area contributed by atoms with Crippen LogP contribution in [-0.4, -0.2) is 28.9 Å². The molecule has 0 unspecified atom stereocenters. The fraction of sp³-hybridized carbons (Fsp3) is 0.214. The number of hydrogen-bond acceptors (Lipinski definition) is 4. The lowest BCUT2D eigenvalue weighted by Crippen LogP contribution is -2.30. The van der Waals surface area contributed by atoms with Crippen molar-refractivity contribution in [1.29, 1.82) is 0 Å². The van der Waals surface area contributed by atoms with Crippen molar-refractivity contribution in [2.45, 2.75) is 25.9 Å². The van der Waals surface area contributed by atoms with Crippen molar-refractivity contribution in [3.05, 3.63) is 101 Å². The Kier molecular flexibility index (Phi) is 6.60. The Morgan fingerprint density at radius 3 is 2.42 bits per heavy atom. The van der Waals surface area contributed by atoms with Crippen molar-refractivity contribution >= 4 is 34.6 Å². The van der Waals surface area contributed by atoms with Gasteiger partial charge in [-0.15, -0.1) is 0 Å². The van der Waals surface area contributed by atoms with Crippen molar-refractivity contribution in [2.24, 2.45) is 0 Å². The molecule has 4 aromatic rings. The van der Waals surface area contributed by atoms with Crippen LogP contribution in [-0.2, 0) is 0 Å². The van der Waals surface area contributed by atoms with Gasteiger partial charge in [0.2, 0.25) is 0 Å². The van der Waals surface area contributed by atoms with Crippen LogP contribution in [0.25, 0.3) is 5.69 Å². The number of pyridine rings is 1. The third-order valence-corrected chi connectivity index (χ3v) is 7.18. The van der Waals surface area contributed by atoms with E-state index in [1.165, 1.54) is 0 Å². The van der Waals surface area contributed by atoms with Gasteiger partial charge in [0, 0.05) is 34.4 Å². The molecular formula is C28H27ClN4O2S. The first kappa shape index (κ1) is 24.2. The molecule has 1 N–H and O–H groups in total. The van der Waals surface area contributed by atoms with Crippen molar-refractivity contribution in [2.75, 3.05) is 19.1 Å². The second-order valence-electron chi connectivity index (χ2n) is 8.67. The summed E-state index contributed by atoms with van der Waals surface area (Å²) in [4.78, 5) is 6.79. The minimum absolute atomic E-state index is 0.172. The van der Waals surface area contributed by atoms with Gasteiger partial charge in [0.15, 0.2) is 5.11 Å². The molecule has 0 amide bonds. The number of anilines is 1. The molecule has 2 aromatic heterocycles. The normalized spacial score (nSPS) is 17.2. The number of nitrogens with one attached hydrogen (secondary N) is 1. The van der Waals surface area contributed by atoms with E-state index in [2.05, 4.69) is 39.7 Å². The highest BCUT2D eigenvalue weighted by Gasteiger charge is 2.43. The number of nitrogens with zero attached hydrogens (tertiary/aromatic N) is 3. The largest absolute Gasteiger partial charge is 0.497 e. The Labute approximate surface area is 221 Å². The van der Waals surface area contributed by atoms with E-state index in [-0.39, 0.29) is 12.1 Å². The monoisotopic (exact) mass is 518 g/mol. The minimum atomic E-state index is -0.180. The molecule has 2 aromatic carbocycles. The standard InChI is InChI=1S/C28H27ClN4O2S/c1-17-15-22(18(2)32(17)20-10-8-19(29)9-11-20)27-26(23-7-5-6-14-30-23)31-28(36)33(27)24-16-21(34-3)12-13-25(24)35-4/h5-16,26-27H,1-4H3,(H,31,36)/t26-,27-/m1/s1. The Balaban J connectivity index is 1.71. The molecule has 1 fully saturated rings. The predicted octanol–water partition coefficient (Wildman–Crippen LogP) is 6.34. The summed E-state index contributed by atoms with van der Waals surface area (Å²) in [6.07, 6.45) is 1.81. The van der Waals surface area contributed by atoms with Gasteiger partial charge in [-0.05, 0) is 86.2 Å². The highest BCUT2D eigenvalue weighted by atomic mass is 35.5. The summed E-state index contributed by atoms with van der Waals surface area (Å²) in [6.45, 7) is 4.24. The van der Waals surface area contributed by atoms with E-state index in [9.17, 15) is 0 Å². The van der Waals surface area contributed by atoms with E-state index in [1.54, 1.807) is 14.2 Å². The lowest BCUT2D eigenvalue weighted by molar-refractivity contribution is 0.403. The number of aryl methyl sites for hydroxylation is 1. The number of benzene rings is 2. The van der Waals surface area contributed by atoms with Crippen molar-refractivity contribution in [1.82, 2.24) is 14.9 Å². The van der Waals surface area contributed by atoms with Gasteiger partial charge in [-0.3, -0.25) is 4.98 Å². The van der Waals surface area contributed by atoms with Crippen molar-refractivity contribution in [3.8, 4) is 17.2 Å². The molecule has 1 saturated heterocycles. The molecule has 3 heterocycles. The number of thiocarbonyl (C=S) groups is 1. The van der Waals surface area contributed by atoms with E-state index in [0.29, 0.717) is 15.9 Å². The summed E-state index contributed by atoms with van der Waals surface area (Å²) in [5.41, 5.74) is 6.14. The average molecular weight is 519 g/mol. The van der Waals surface area contributed by atoms with Gasteiger partial charge in [-0.2, -0.15) is 0 Å². The van der Waals surface area contributed by atoms with Crippen LogP contribution in [0.5, 0.6) is 11.5 Å². The Hall–Kier alpha value is -3.55. The Morgan fingerprint density at radius 2 is 1.75 bits per heavy atom. The molecule has 0 aliphatic carbocycles. The first-order valence-electron chi connectivity index (χ1n) is 11.6. The number of ether oxygens (including phenoxy) is 2. The van der Waals surface area contributed by atoms with Crippen LogP contribution in [0.2, 0.25) is 5.02 Å². The van der Waals surface area contributed by atoms with Crippen LogP contribution in [0.3, 0.4) is 0 Å². The van der Waals surface area contributed by atoms with E-state index in [4.69, 9.17) is 33.3 Å². The van der Waals surface area contributed by atoms with Gasteiger partial charge in [0.25, 0.3) is 0 Å². The molecule has 1 aliphatic heterocycles. The third-order valence-electron chi connectivity index (χ3n) is 6.62. The fourth-order valence-corrected chi connectivity index (χ4v) is 5.45. The molecule has 2 atom stereocenters. The molecule has 184 valence electrons. The smallest absolute Gasteiger partial charge is 0.174 e. The molecule has 6 nitrogen and oxygen atoms in total. The van der Waals surface area contributed by atoms with E-state index >= 15 is 0 Å². The first-order valence-corrected chi connectivity index (χ1v) is 12.4. The predicted molar refractivity (Wildman–Crippen MR) is 148 cm³/mol. The number of methoxy groups -OCH3 is 2. The Morgan fingerprint density at radius 1 is 0.972 bits per heavy atom. The maximum atomic E-state index is 6.16. The average Bonchev–Trinajstić information content (AvgIpc) is 3.39. The van der Waals surface area contributed by atoms with Gasteiger partial charge >= 0.3 is 0 Å². The molecular weight excluding hydrogens is 492 g/mol. The van der Waals surface area contributed by atoms with Crippen molar-refractivity contribution in [3.63, 3.8) is 0 Å². The van der Waals surface area contributed by atoms with E-state index in [1.807, 2.05) is 66.9 Å². The van der Waals surface area contributed by atoms with Crippen molar-refractivity contribution < 1.29 is 9.47 Å². The topological polar surface area (TPSA) is 51.6 Å². The lowest BCUT2D eigenvalue weighted by atomic mass is 9.96. The minimum Gasteiger partial charge on any atom is -0.497 e. The number of aromatic nitrogens is 2. The molecule has 1 aliphatic rings. The zero-order chi connectivity index (χ0) is 25.4. The van der Waals surface area contributed by atoms with Gasteiger partial charge in [0.05, 0.1) is 37.7 Å². The highest BCUT2D eigenvalue weighted by Crippen LogP contribution is 2.47. The number of rotatable bonds is 6. The summed E-state index contributed by atoms with van der Waals surface area (Å²) in [7, 11) is 3.32. The second kappa shape index (κ2) is 9.84. The summed E-state index contributed by atoms with van der Waals surface area (Å²) < 4.78 is 13.5. The zero-order valence-electron chi connectivity index (χ0n) is 20.5. The molecule has 0 bridgehead atoms. The summed E-state index contributed by atoms with van der Waals surface area (Å²) in [6, 6.07) is 21.4. The molecule has 36 heavy (non-hydrogen) atoms. The van der Waals surface area contributed by atoms with Crippen LogP contribution in [0.15, 0.2) is 72.9 Å². The van der Waals surface area contributed by atoms with Crippen LogP contribution < -0.4 is 19.7 Å². The number of hydrogen-bond donors (Lipinski definition) is 1. The van der Waals surface area contributed by atoms with E-state index < -0.39 is 0 Å². The summed E-state index contributed by atoms with van der Waals surface area (Å²) in [5, 5.41) is 4.83. The molecule has 0 spiro atoms. The van der Waals surface area contributed by atoms with E-state index in [0.717, 1.165) is 39.8 Å².